The van der Waals surface area contributed by atoms with Crippen LogP contribution in [0, 0.1) is 0 Å². The van der Waals surface area contributed by atoms with Crippen LogP contribution in [-0.2, 0) is 7.05 Å². The van der Waals surface area contributed by atoms with Gasteiger partial charge in [0, 0.05) is 18.5 Å². The molecule has 1 aromatic heterocycles. The minimum atomic E-state index is -0.0494. The first-order valence-electron chi connectivity index (χ1n) is 7.58. The highest BCUT2D eigenvalue weighted by Crippen LogP contribution is 2.17. The predicted molar refractivity (Wildman–Crippen MR) is 91.4 cm³/mol. The molecule has 0 spiro atoms. The van der Waals surface area contributed by atoms with Crippen molar-refractivity contribution in [1.82, 2.24) is 15.1 Å². The van der Waals surface area contributed by atoms with Crippen LogP contribution >= 0.6 is 11.8 Å². The van der Waals surface area contributed by atoms with E-state index in [0.29, 0.717) is 18.2 Å². The minimum Gasteiger partial charge on any atom is -0.351 e. The Hall–Kier alpha value is -1.75. The fraction of sp³-hybridized carbons (Fsp3) is 0.412. The van der Waals surface area contributed by atoms with E-state index in [-0.39, 0.29) is 5.91 Å². The van der Waals surface area contributed by atoms with Gasteiger partial charge in [-0.15, -0.1) is 11.8 Å². The van der Waals surface area contributed by atoms with Crippen LogP contribution in [0.5, 0.6) is 0 Å². The second-order valence-corrected chi connectivity index (χ2v) is 6.67. The molecule has 1 aromatic carbocycles. The van der Waals surface area contributed by atoms with Crippen LogP contribution in [0.15, 0.2) is 41.3 Å². The summed E-state index contributed by atoms with van der Waals surface area (Å²) < 4.78 is 1.66. The van der Waals surface area contributed by atoms with E-state index >= 15 is 0 Å². The Balaban J connectivity index is 1.74. The molecule has 0 unspecified atom stereocenters. The smallest absolute Gasteiger partial charge is 0.269 e. The van der Waals surface area contributed by atoms with Crippen LogP contribution in [0.2, 0.25) is 0 Å². The fourth-order valence-corrected chi connectivity index (χ4v) is 2.93. The summed E-state index contributed by atoms with van der Waals surface area (Å²) in [5.41, 5.74) is 1.58. The summed E-state index contributed by atoms with van der Waals surface area (Å²) >= 11 is 1.81. The Kier molecular flexibility index (Phi) is 6.07. The summed E-state index contributed by atoms with van der Waals surface area (Å²) in [6.45, 7) is 4.83. The Bertz CT molecular complexity index is 608. The largest absolute Gasteiger partial charge is 0.351 e. The second kappa shape index (κ2) is 8.03. The Morgan fingerprint density at radius 2 is 2.05 bits per heavy atom. The Labute approximate surface area is 136 Å². The highest BCUT2D eigenvalue weighted by molar-refractivity contribution is 7.99. The lowest BCUT2D eigenvalue weighted by Gasteiger charge is -2.05. The zero-order valence-corrected chi connectivity index (χ0v) is 14.2. The molecule has 1 heterocycles. The standard InChI is InChI=1S/C17H23N3OS/c1-13(2)15-12-16(20(3)19-15)17(21)18-10-7-11-22-14-8-5-4-6-9-14/h4-6,8-9,12-13H,7,10-11H2,1-3H3,(H,18,21). The van der Waals surface area contributed by atoms with Gasteiger partial charge in [-0.25, -0.2) is 0 Å². The number of hydrogen-bond acceptors (Lipinski definition) is 3. The first-order chi connectivity index (χ1) is 10.6. The van der Waals surface area contributed by atoms with E-state index in [9.17, 15) is 4.79 Å². The second-order valence-electron chi connectivity index (χ2n) is 5.50. The quantitative estimate of drug-likeness (QED) is 0.628. The van der Waals surface area contributed by atoms with E-state index in [2.05, 4.69) is 36.4 Å². The van der Waals surface area contributed by atoms with Crippen molar-refractivity contribution < 1.29 is 4.79 Å². The molecular weight excluding hydrogens is 294 g/mol. The molecule has 0 aliphatic heterocycles. The van der Waals surface area contributed by atoms with Crippen molar-refractivity contribution in [1.29, 1.82) is 0 Å². The third kappa shape index (κ3) is 4.63. The normalized spacial score (nSPS) is 10.9. The number of aromatic nitrogens is 2. The summed E-state index contributed by atoms with van der Waals surface area (Å²) in [5.74, 6) is 1.27. The number of carbonyl (C=O) groups is 1. The van der Waals surface area contributed by atoms with Gasteiger partial charge in [0.15, 0.2) is 0 Å². The Morgan fingerprint density at radius 1 is 1.32 bits per heavy atom. The van der Waals surface area contributed by atoms with Crippen molar-refractivity contribution in [2.75, 3.05) is 12.3 Å². The number of amides is 1. The van der Waals surface area contributed by atoms with Gasteiger partial charge >= 0.3 is 0 Å². The molecule has 0 saturated heterocycles. The van der Waals surface area contributed by atoms with Gasteiger partial charge < -0.3 is 5.32 Å². The maximum Gasteiger partial charge on any atom is 0.269 e. The topological polar surface area (TPSA) is 46.9 Å². The highest BCUT2D eigenvalue weighted by Gasteiger charge is 2.14. The lowest BCUT2D eigenvalue weighted by molar-refractivity contribution is 0.0944. The monoisotopic (exact) mass is 317 g/mol. The summed E-state index contributed by atoms with van der Waals surface area (Å²) in [6.07, 6.45) is 0.945. The molecule has 22 heavy (non-hydrogen) atoms. The van der Waals surface area contributed by atoms with Gasteiger partial charge in [0.25, 0.3) is 5.91 Å². The van der Waals surface area contributed by atoms with Crippen molar-refractivity contribution in [2.24, 2.45) is 7.05 Å². The third-order valence-electron chi connectivity index (χ3n) is 3.34. The zero-order valence-electron chi connectivity index (χ0n) is 13.4. The van der Waals surface area contributed by atoms with E-state index in [1.54, 1.807) is 4.68 Å². The zero-order chi connectivity index (χ0) is 15.9. The molecule has 0 radical (unpaired) electrons. The number of carbonyl (C=O) groups excluding carboxylic acids is 1. The van der Waals surface area contributed by atoms with Gasteiger partial charge in [0.1, 0.15) is 5.69 Å². The van der Waals surface area contributed by atoms with E-state index in [4.69, 9.17) is 0 Å². The number of nitrogens with zero attached hydrogens (tertiary/aromatic N) is 2. The van der Waals surface area contributed by atoms with Crippen LogP contribution < -0.4 is 5.32 Å². The van der Waals surface area contributed by atoms with Crippen LogP contribution in [0.25, 0.3) is 0 Å². The molecule has 0 bridgehead atoms. The van der Waals surface area contributed by atoms with Crippen molar-refractivity contribution >= 4 is 17.7 Å². The van der Waals surface area contributed by atoms with Crippen molar-refractivity contribution in [3.8, 4) is 0 Å². The number of benzene rings is 1. The third-order valence-corrected chi connectivity index (χ3v) is 4.44. The first kappa shape index (κ1) is 16.6. The predicted octanol–water partition coefficient (Wildman–Crippen LogP) is 3.46. The maximum atomic E-state index is 12.2. The van der Waals surface area contributed by atoms with Gasteiger partial charge in [-0.1, -0.05) is 32.0 Å². The van der Waals surface area contributed by atoms with Crippen LogP contribution in [0.3, 0.4) is 0 Å². The fourth-order valence-electron chi connectivity index (χ4n) is 2.06. The molecule has 1 N–H and O–H groups in total. The number of thioether (sulfide) groups is 1. The summed E-state index contributed by atoms with van der Waals surface area (Å²) in [4.78, 5) is 13.4. The minimum absolute atomic E-state index is 0.0494. The molecule has 4 nitrogen and oxygen atoms in total. The molecule has 0 fully saturated rings. The number of nitrogens with one attached hydrogen (secondary N) is 1. The average Bonchev–Trinajstić information content (AvgIpc) is 2.90. The van der Waals surface area contributed by atoms with Gasteiger partial charge in [0.05, 0.1) is 5.69 Å². The number of hydrogen-bond donors (Lipinski definition) is 1. The molecular formula is C17H23N3OS. The van der Waals surface area contributed by atoms with Crippen molar-refractivity contribution in [2.45, 2.75) is 31.1 Å². The molecule has 0 saturated carbocycles. The SMILES string of the molecule is CC(C)c1cc(C(=O)NCCCSc2ccccc2)n(C)n1. The van der Waals surface area contributed by atoms with Crippen LogP contribution in [0.1, 0.15) is 42.4 Å². The van der Waals surface area contributed by atoms with Crippen LogP contribution in [0.4, 0.5) is 0 Å². The van der Waals surface area contributed by atoms with Crippen LogP contribution in [-0.4, -0.2) is 28.0 Å². The Morgan fingerprint density at radius 3 is 2.68 bits per heavy atom. The molecule has 2 rings (SSSR count). The highest BCUT2D eigenvalue weighted by atomic mass is 32.2. The molecule has 118 valence electrons. The molecule has 5 heteroatoms. The van der Waals surface area contributed by atoms with Gasteiger partial charge in [-0.05, 0) is 36.3 Å². The lowest BCUT2D eigenvalue weighted by Crippen LogP contribution is -2.26. The van der Waals surface area contributed by atoms with E-state index < -0.39 is 0 Å². The van der Waals surface area contributed by atoms with E-state index in [1.165, 1.54) is 4.90 Å². The molecule has 1 amide bonds. The summed E-state index contributed by atoms with van der Waals surface area (Å²) in [5, 5.41) is 7.33. The first-order valence-corrected chi connectivity index (χ1v) is 8.56. The van der Waals surface area contributed by atoms with Gasteiger partial charge in [-0.3, -0.25) is 9.48 Å². The van der Waals surface area contributed by atoms with E-state index in [1.807, 2.05) is 43.1 Å². The van der Waals surface area contributed by atoms with Crippen molar-refractivity contribution in [3.05, 3.63) is 47.8 Å². The average molecular weight is 317 g/mol. The number of aryl methyl sites for hydroxylation is 1. The summed E-state index contributed by atoms with van der Waals surface area (Å²) in [7, 11) is 1.81. The summed E-state index contributed by atoms with van der Waals surface area (Å²) in [6, 6.07) is 12.2. The molecule has 0 aliphatic rings. The molecule has 0 aliphatic carbocycles. The number of rotatable bonds is 7. The molecule has 2 aromatic rings. The van der Waals surface area contributed by atoms with Gasteiger partial charge in [-0.2, -0.15) is 5.10 Å². The molecule has 0 atom stereocenters. The lowest BCUT2D eigenvalue weighted by atomic mass is 10.1. The van der Waals surface area contributed by atoms with Crippen molar-refractivity contribution in [3.63, 3.8) is 0 Å². The maximum absolute atomic E-state index is 12.2. The van der Waals surface area contributed by atoms with E-state index in [0.717, 1.165) is 17.9 Å². The van der Waals surface area contributed by atoms with Gasteiger partial charge in [0.2, 0.25) is 0 Å².